The molecule has 1 aromatic carbocycles. The fourth-order valence-electron chi connectivity index (χ4n) is 3.97. The highest BCUT2D eigenvalue weighted by Gasteiger charge is 2.28. The highest BCUT2D eigenvalue weighted by atomic mass is 16.5. The lowest BCUT2D eigenvalue weighted by Crippen LogP contribution is -2.44. The zero-order valence-electron chi connectivity index (χ0n) is 16.9. The summed E-state index contributed by atoms with van der Waals surface area (Å²) in [4.78, 5) is 31.9. The summed E-state index contributed by atoms with van der Waals surface area (Å²) in [7, 11) is 3.37. The Morgan fingerprint density at radius 3 is 2.90 bits per heavy atom. The molecule has 0 saturated carbocycles. The normalized spacial score (nSPS) is 16.8. The van der Waals surface area contributed by atoms with Crippen molar-refractivity contribution >= 4 is 22.9 Å². The van der Waals surface area contributed by atoms with Crippen LogP contribution in [0.15, 0.2) is 41.3 Å². The third kappa shape index (κ3) is 3.46. The van der Waals surface area contributed by atoms with Gasteiger partial charge < -0.3 is 15.0 Å². The van der Waals surface area contributed by atoms with Gasteiger partial charge in [-0.05, 0) is 55.7 Å². The van der Waals surface area contributed by atoms with E-state index >= 15 is 0 Å². The highest BCUT2D eigenvalue weighted by molar-refractivity contribution is 5.90. The molecular weight excluding hydrogens is 370 g/mol. The van der Waals surface area contributed by atoms with Crippen LogP contribution in [0.25, 0.3) is 11.2 Å². The average Bonchev–Trinajstić information content (AvgIpc) is 3.00. The third-order valence-corrected chi connectivity index (χ3v) is 5.57. The molecule has 152 valence electrons. The molecule has 0 aliphatic carbocycles. The lowest BCUT2D eigenvalue weighted by molar-refractivity contribution is 0.178. The fraction of sp³-hybridized carbons (Fsp3) is 0.381. The Hall–Kier alpha value is -3.29. The Kier molecular flexibility index (Phi) is 5.00. The van der Waals surface area contributed by atoms with Crippen LogP contribution >= 0.6 is 0 Å². The number of imidazole rings is 1. The molecule has 2 aromatic heterocycles. The molecule has 1 aliphatic heterocycles. The van der Waals surface area contributed by atoms with E-state index in [4.69, 9.17) is 4.74 Å². The number of hydrogen-bond acceptors (Lipinski definition) is 4. The van der Waals surface area contributed by atoms with E-state index in [1.54, 1.807) is 34.4 Å². The van der Waals surface area contributed by atoms with Crippen LogP contribution in [-0.2, 0) is 7.05 Å². The second-order valence-corrected chi connectivity index (χ2v) is 7.41. The van der Waals surface area contributed by atoms with Gasteiger partial charge in [0.2, 0.25) is 0 Å². The van der Waals surface area contributed by atoms with Crippen molar-refractivity contribution in [2.45, 2.75) is 25.8 Å². The summed E-state index contributed by atoms with van der Waals surface area (Å²) in [5.41, 5.74) is 3.05. The summed E-state index contributed by atoms with van der Waals surface area (Å²) < 4.78 is 8.56. The van der Waals surface area contributed by atoms with E-state index in [2.05, 4.69) is 10.3 Å². The van der Waals surface area contributed by atoms with Gasteiger partial charge in [-0.1, -0.05) is 0 Å². The number of carbonyl (C=O) groups excluding carboxylic acids is 1. The molecule has 1 saturated heterocycles. The van der Waals surface area contributed by atoms with Crippen LogP contribution in [0.2, 0.25) is 0 Å². The minimum Gasteiger partial charge on any atom is -0.497 e. The number of rotatable bonds is 3. The van der Waals surface area contributed by atoms with Gasteiger partial charge in [0, 0.05) is 32.0 Å². The highest BCUT2D eigenvalue weighted by Crippen LogP contribution is 2.25. The largest absolute Gasteiger partial charge is 0.497 e. The summed E-state index contributed by atoms with van der Waals surface area (Å²) in [5.74, 6) is 0.751. The van der Waals surface area contributed by atoms with Gasteiger partial charge in [-0.25, -0.2) is 14.6 Å². The number of piperidine rings is 1. The monoisotopic (exact) mass is 395 g/mol. The zero-order valence-corrected chi connectivity index (χ0v) is 16.9. The lowest BCUT2D eigenvalue weighted by Gasteiger charge is -2.33. The fourth-order valence-corrected chi connectivity index (χ4v) is 3.97. The van der Waals surface area contributed by atoms with E-state index in [0.717, 1.165) is 35.4 Å². The van der Waals surface area contributed by atoms with Crippen LogP contribution in [0.4, 0.5) is 10.5 Å². The maximum atomic E-state index is 12.9. The van der Waals surface area contributed by atoms with Crippen LogP contribution in [0.5, 0.6) is 5.75 Å². The molecule has 8 heteroatoms. The summed E-state index contributed by atoms with van der Waals surface area (Å²) in [6.45, 7) is 3.06. The van der Waals surface area contributed by atoms with Gasteiger partial charge in [-0.2, -0.15) is 0 Å². The van der Waals surface area contributed by atoms with Crippen molar-refractivity contribution in [2.24, 2.45) is 7.05 Å². The molecule has 3 heterocycles. The summed E-state index contributed by atoms with van der Waals surface area (Å²) in [6, 6.07) is 9.00. The van der Waals surface area contributed by atoms with Crippen LogP contribution in [0.1, 0.15) is 24.4 Å². The number of aryl methyl sites for hydroxylation is 2. The van der Waals surface area contributed by atoms with Gasteiger partial charge in [-0.15, -0.1) is 0 Å². The van der Waals surface area contributed by atoms with Gasteiger partial charge in [-0.3, -0.25) is 9.13 Å². The number of pyridine rings is 1. The molecule has 8 nitrogen and oxygen atoms in total. The SMILES string of the molecule is COc1ccc(NC(=O)N2CCC[C@H](n3c(=O)n(C)c4cccnc43)C2)c(C)c1. The maximum Gasteiger partial charge on any atom is 0.330 e. The second-order valence-electron chi connectivity index (χ2n) is 7.41. The van der Waals surface area contributed by atoms with E-state index in [1.165, 1.54) is 0 Å². The molecule has 1 atom stereocenters. The molecule has 3 aromatic rings. The first-order chi connectivity index (χ1) is 14.0. The van der Waals surface area contributed by atoms with E-state index in [9.17, 15) is 9.59 Å². The molecule has 0 bridgehead atoms. The zero-order chi connectivity index (χ0) is 20.5. The first-order valence-electron chi connectivity index (χ1n) is 9.72. The number of carbonyl (C=O) groups is 1. The number of likely N-dealkylation sites (tertiary alicyclic amines) is 1. The van der Waals surface area contributed by atoms with Gasteiger partial charge in [0.1, 0.15) is 5.75 Å². The van der Waals surface area contributed by atoms with Gasteiger partial charge in [0.25, 0.3) is 0 Å². The number of fused-ring (bicyclic) bond motifs is 1. The van der Waals surface area contributed by atoms with E-state index < -0.39 is 0 Å². The topological polar surface area (TPSA) is 81.4 Å². The van der Waals surface area contributed by atoms with Crippen LogP contribution in [0, 0.1) is 6.92 Å². The summed E-state index contributed by atoms with van der Waals surface area (Å²) in [6.07, 6.45) is 3.36. The van der Waals surface area contributed by atoms with Crippen molar-refractivity contribution in [3.05, 3.63) is 52.6 Å². The van der Waals surface area contributed by atoms with Gasteiger partial charge in [0.05, 0.1) is 18.7 Å². The van der Waals surface area contributed by atoms with Crippen molar-refractivity contribution in [1.29, 1.82) is 0 Å². The van der Waals surface area contributed by atoms with Crippen molar-refractivity contribution < 1.29 is 9.53 Å². The molecule has 0 unspecified atom stereocenters. The predicted octanol–water partition coefficient (Wildman–Crippen LogP) is 2.92. The Morgan fingerprint density at radius 2 is 2.14 bits per heavy atom. The number of anilines is 1. The van der Waals surface area contributed by atoms with Crippen molar-refractivity contribution in [2.75, 3.05) is 25.5 Å². The van der Waals surface area contributed by atoms with Crippen LogP contribution < -0.4 is 15.7 Å². The van der Waals surface area contributed by atoms with Crippen molar-refractivity contribution in [3.8, 4) is 5.75 Å². The Bertz CT molecular complexity index is 1120. The smallest absolute Gasteiger partial charge is 0.330 e. The number of urea groups is 1. The minimum absolute atomic E-state index is 0.0995. The van der Waals surface area contributed by atoms with Gasteiger partial charge >= 0.3 is 11.7 Å². The standard InChI is InChI=1S/C21H25N5O3/c1-14-12-16(29-3)8-9-17(14)23-20(27)25-11-5-6-15(13-25)26-19-18(7-4-10-22-19)24(2)21(26)28/h4,7-10,12,15H,5-6,11,13H2,1-3H3,(H,23,27)/t15-/m0/s1. The number of nitrogens with one attached hydrogen (secondary N) is 1. The molecule has 29 heavy (non-hydrogen) atoms. The minimum atomic E-state index is -0.163. The number of benzene rings is 1. The molecule has 0 spiro atoms. The number of aromatic nitrogens is 3. The number of nitrogens with zero attached hydrogens (tertiary/aromatic N) is 4. The third-order valence-electron chi connectivity index (χ3n) is 5.57. The van der Waals surface area contributed by atoms with E-state index in [-0.39, 0.29) is 17.8 Å². The quantitative estimate of drug-likeness (QED) is 0.739. The van der Waals surface area contributed by atoms with Gasteiger partial charge in [0.15, 0.2) is 5.65 Å². The molecule has 1 fully saturated rings. The molecule has 4 rings (SSSR count). The van der Waals surface area contributed by atoms with Crippen molar-refractivity contribution in [1.82, 2.24) is 19.0 Å². The predicted molar refractivity (Wildman–Crippen MR) is 112 cm³/mol. The Morgan fingerprint density at radius 1 is 1.31 bits per heavy atom. The van der Waals surface area contributed by atoms with Crippen LogP contribution in [0.3, 0.4) is 0 Å². The maximum absolute atomic E-state index is 12.9. The van der Waals surface area contributed by atoms with Crippen LogP contribution in [-0.4, -0.2) is 45.2 Å². The average molecular weight is 395 g/mol. The lowest BCUT2D eigenvalue weighted by atomic mass is 10.1. The van der Waals surface area contributed by atoms with E-state index in [1.807, 2.05) is 37.3 Å². The molecule has 1 N–H and O–H groups in total. The summed E-state index contributed by atoms with van der Waals surface area (Å²) in [5, 5.41) is 2.98. The Balaban J connectivity index is 1.56. The first kappa shape index (κ1) is 19.0. The number of methoxy groups -OCH3 is 1. The number of ether oxygens (including phenoxy) is 1. The van der Waals surface area contributed by atoms with E-state index in [0.29, 0.717) is 18.7 Å². The summed E-state index contributed by atoms with van der Waals surface area (Å²) >= 11 is 0. The second kappa shape index (κ2) is 7.62. The molecule has 1 aliphatic rings. The molecule has 0 radical (unpaired) electrons. The number of hydrogen-bond donors (Lipinski definition) is 1. The molecular formula is C21H25N5O3. The number of amides is 2. The first-order valence-corrected chi connectivity index (χ1v) is 9.72. The molecule has 2 amide bonds. The van der Waals surface area contributed by atoms with Crippen molar-refractivity contribution in [3.63, 3.8) is 0 Å². The Labute approximate surface area is 168 Å².